The van der Waals surface area contributed by atoms with Crippen LogP contribution in [0.3, 0.4) is 0 Å². The van der Waals surface area contributed by atoms with Gasteiger partial charge in [0.15, 0.2) is 0 Å². The molecule has 1 aromatic heterocycles. The van der Waals surface area contributed by atoms with Crippen LogP contribution in [0.15, 0.2) is 16.7 Å². The van der Waals surface area contributed by atoms with E-state index >= 15 is 0 Å². The monoisotopic (exact) mass is 329 g/mol. The zero-order valence-corrected chi connectivity index (χ0v) is 12.8. The first-order chi connectivity index (χ1) is 8.61. The van der Waals surface area contributed by atoms with Gasteiger partial charge in [0.05, 0.1) is 5.56 Å². The zero-order valence-electron chi connectivity index (χ0n) is 10.4. The lowest BCUT2D eigenvalue weighted by molar-refractivity contribution is 0.0763. The second-order valence-electron chi connectivity index (χ2n) is 4.23. The molecular formula is C12H16BrN3OS. The zero-order chi connectivity index (χ0) is 13.1. The highest BCUT2D eigenvalue weighted by atomic mass is 79.9. The molecule has 1 unspecified atom stereocenters. The third kappa shape index (κ3) is 2.98. The van der Waals surface area contributed by atoms with E-state index in [0.29, 0.717) is 16.6 Å². The van der Waals surface area contributed by atoms with Gasteiger partial charge in [-0.15, -0.1) is 0 Å². The molecule has 1 aliphatic heterocycles. The molecule has 1 atom stereocenters. The lowest BCUT2D eigenvalue weighted by atomic mass is 10.2. The topological polar surface area (TPSA) is 45.2 Å². The molecule has 6 heteroatoms. The molecule has 1 aromatic rings. The Labute approximate surface area is 120 Å². The van der Waals surface area contributed by atoms with Crippen molar-refractivity contribution in [3.8, 4) is 0 Å². The van der Waals surface area contributed by atoms with Crippen LogP contribution in [0.2, 0.25) is 0 Å². The average Bonchev–Trinajstić information content (AvgIpc) is 2.38. The minimum absolute atomic E-state index is 0.0558. The van der Waals surface area contributed by atoms with E-state index in [4.69, 9.17) is 0 Å². The number of carbonyl (C=O) groups excluding carboxylic acids is 1. The molecule has 98 valence electrons. The summed E-state index contributed by atoms with van der Waals surface area (Å²) >= 11 is 5.28. The molecule has 18 heavy (non-hydrogen) atoms. The van der Waals surface area contributed by atoms with Crippen molar-refractivity contribution in [1.29, 1.82) is 0 Å². The number of hydrogen-bond donors (Lipinski definition) is 1. The SMILES string of the molecule is CNc1ncc(Br)cc1C(=O)N1CCSC(C)C1. The van der Waals surface area contributed by atoms with E-state index in [2.05, 4.69) is 33.2 Å². The van der Waals surface area contributed by atoms with Crippen LogP contribution in [0.4, 0.5) is 5.82 Å². The van der Waals surface area contributed by atoms with E-state index in [9.17, 15) is 4.79 Å². The highest BCUT2D eigenvalue weighted by Gasteiger charge is 2.24. The summed E-state index contributed by atoms with van der Waals surface area (Å²) in [4.78, 5) is 18.6. The summed E-state index contributed by atoms with van der Waals surface area (Å²) in [6, 6.07) is 1.83. The second-order valence-corrected chi connectivity index (χ2v) is 6.69. The van der Waals surface area contributed by atoms with Gasteiger partial charge in [0.2, 0.25) is 0 Å². The molecule has 4 nitrogen and oxygen atoms in total. The minimum atomic E-state index is 0.0558. The number of hydrogen-bond acceptors (Lipinski definition) is 4. The van der Waals surface area contributed by atoms with E-state index in [1.807, 2.05) is 22.7 Å². The van der Waals surface area contributed by atoms with Crippen LogP contribution in [-0.2, 0) is 0 Å². The van der Waals surface area contributed by atoms with Gasteiger partial charge in [0.1, 0.15) is 5.82 Å². The Hall–Kier alpha value is -0.750. The third-order valence-corrected chi connectivity index (χ3v) is 4.42. The molecule has 2 rings (SSSR count). The summed E-state index contributed by atoms with van der Waals surface area (Å²) in [5.74, 6) is 1.69. The van der Waals surface area contributed by atoms with E-state index < -0.39 is 0 Å². The Morgan fingerprint density at radius 1 is 1.67 bits per heavy atom. The predicted molar refractivity (Wildman–Crippen MR) is 79.3 cm³/mol. The van der Waals surface area contributed by atoms with Crippen LogP contribution in [0.25, 0.3) is 0 Å². The van der Waals surface area contributed by atoms with Gasteiger partial charge >= 0.3 is 0 Å². The summed E-state index contributed by atoms with van der Waals surface area (Å²) in [5.41, 5.74) is 0.631. The molecular weight excluding hydrogens is 314 g/mol. The minimum Gasteiger partial charge on any atom is -0.372 e. The number of thioether (sulfide) groups is 1. The number of aromatic nitrogens is 1. The van der Waals surface area contributed by atoms with Crippen molar-refractivity contribution in [3.63, 3.8) is 0 Å². The molecule has 0 aromatic carbocycles. The van der Waals surface area contributed by atoms with Crippen molar-refractivity contribution in [3.05, 3.63) is 22.3 Å². The van der Waals surface area contributed by atoms with Crippen molar-refractivity contribution in [1.82, 2.24) is 9.88 Å². The van der Waals surface area contributed by atoms with Gasteiger partial charge < -0.3 is 10.2 Å². The van der Waals surface area contributed by atoms with Crippen LogP contribution in [0.1, 0.15) is 17.3 Å². The molecule has 1 aliphatic rings. The van der Waals surface area contributed by atoms with Crippen molar-refractivity contribution in [2.24, 2.45) is 0 Å². The van der Waals surface area contributed by atoms with E-state index in [1.54, 1.807) is 13.2 Å². The first-order valence-corrected chi connectivity index (χ1v) is 7.70. The van der Waals surface area contributed by atoms with Crippen LogP contribution in [-0.4, -0.2) is 46.9 Å². The lowest BCUT2D eigenvalue weighted by Gasteiger charge is -2.31. The highest BCUT2D eigenvalue weighted by Crippen LogP contribution is 2.23. The third-order valence-electron chi connectivity index (χ3n) is 2.85. The summed E-state index contributed by atoms with van der Waals surface area (Å²) < 4.78 is 0.823. The molecule has 0 aliphatic carbocycles. The van der Waals surface area contributed by atoms with Gasteiger partial charge in [-0.1, -0.05) is 6.92 Å². The molecule has 1 saturated heterocycles. The van der Waals surface area contributed by atoms with Crippen molar-refractivity contribution in [2.45, 2.75) is 12.2 Å². The molecule has 0 spiro atoms. The quantitative estimate of drug-likeness (QED) is 0.905. The normalized spacial score (nSPS) is 19.7. The maximum atomic E-state index is 12.5. The number of nitrogens with one attached hydrogen (secondary N) is 1. The van der Waals surface area contributed by atoms with Crippen LogP contribution < -0.4 is 5.32 Å². The summed E-state index contributed by atoms with van der Waals surface area (Å²) in [5, 5.41) is 3.47. The maximum absolute atomic E-state index is 12.5. The number of anilines is 1. The van der Waals surface area contributed by atoms with E-state index in [1.165, 1.54) is 0 Å². The smallest absolute Gasteiger partial charge is 0.257 e. The Bertz CT molecular complexity index is 455. The van der Waals surface area contributed by atoms with Gasteiger partial charge in [0, 0.05) is 41.8 Å². The van der Waals surface area contributed by atoms with Crippen molar-refractivity contribution < 1.29 is 4.79 Å². The van der Waals surface area contributed by atoms with Gasteiger partial charge in [-0.3, -0.25) is 4.79 Å². The number of rotatable bonds is 2. The first kappa shape index (κ1) is 13.7. The Morgan fingerprint density at radius 3 is 3.11 bits per heavy atom. The van der Waals surface area contributed by atoms with Gasteiger partial charge in [-0.25, -0.2) is 4.98 Å². The van der Waals surface area contributed by atoms with Crippen LogP contribution in [0, 0.1) is 0 Å². The number of carbonyl (C=O) groups is 1. The molecule has 1 N–H and O–H groups in total. The van der Waals surface area contributed by atoms with Gasteiger partial charge in [-0.2, -0.15) is 11.8 Å². The Balaban J connectivity index is 2.24. The fourth-order valence-corrected chi connectivity index (χ4v) is 3.32. The van der Waals surface area contributed by atoms with Gasteiger partial charge in [0.25, 0.3) is 5.91 Å². The molecule has 0 bridgehead atoms. The van der Waals surface area contributed by atoms with E-state index in [-0.39, 0.29) is 5.91 Å². The molecule has 0 saturated carbocycles. The number of pyridine rings is 1. The number of amides is 1. The lowest BCUT2D eigenvalue weighted by Crippen LogP contribution is -2.41. The fourth-order valence-electron chi connectivity index (χ4n) is 1.97. The summed E-state index contributed by atoms with van der Waals surface area (Å²) in [7, 11) is 1.78. The molecule has 1 amide bonds. The largest absolute Gasteiger partial charge is 0.372 e. The standard InChI is InChI=1S/C12H16BrN3OS/c1-8-7-16(3-4-18-8)12(17)10-5-9(13)6-15-11(10)14-2/h5-6,8H,3-4,7H2,1-2H3,(H,14,15). The first-order valence-electron chi connectivity index (χ1n) is 5.86. The number of halogens is 1. The molecule has 1 fully saturated rings. The average molecular weight is 330 g/mol. The number of nitrogens with zero attached hydrogens (tertiary/aromatic N) is 2. The van der Waals surface area contributed by atoms with Gasteiger partial charge in [-0.05, 0) is 22.0 Å². The highest BCUT2D eigenvalue weighted by molar-refractivity contribution is 9.10. The van der Waals surface area contributed by atoms with Crippen molar-refractivity contribution >= 4 is 39.4 Å². The maximum Gasteiger partial charge on any atom is 0.257 e. The fraction of sp³-hybridized carbons (Fsp3) is 0.500. The Kier molecular flexibility index (Phi) is 4.50. The molecule has 2 heterocycles. The van der Waals surface area contributed by atoms with Crippen molar-refractivity contribution in [2.75, 3.05) is 31.2 Å². The van der Waals surface area contributed by atoms with E-state index in [0.717, 1.165) is 23.3 Å². The second kappa shape index (κ2) is 5.93. The Morgan fingerprint density at radius 2 is 2.44 bits per heavy atom. The molecule has 0 radical (unpaired) electrons. The van der Waals surface area contributed by atoms with Crippen LogP contribution >= 0.6 is 27.7 Å². The predicted octanol–water partition coefficient (Wildman–Crippen LogP) is 2.46. The summed E-state index contributed by atoms with van der Waals surface area (Å²) in [6.45, 7) is 3.77. The summed E-state index contributed by atoms with van der Waals surface area (Å²) in [6.07, 6.45) is 1.69. The van der Waals surface area contributed by atoms with Crippen LogP contribution in [0.5, 0.6) is 0 Å².